The molecule has 80 valence electrons. The highest BCUT2D eigenvalue weighted by atomic mass is 32.1. The monoisotopic (exact) mass is 220 g/mol. The molecule has 0 saturated heterocycles. The summed E-state index contributed by atoms with van der Waals surface area (Å²) in [7, 11) is 0. The second kappa shape index (κ2) is 4.78. The maximum absolute atomic E-state index is 8.69. The second-order valence-corrected chi connectivity index (χ2v) is 5.18. The number of rotatable bonds is 5. The average molecular weight is 220 g/mol. The van der Waals surface area contributed by atoms with Gasteiger partial charge < -0.3 is 5.32 Å². The molecular weight excluding hydrogens is 204 g/mol. The molecule has 1 aliphatic rings. The zero-order valence-corrected chi connectivity index (χ0v) is 9.81. The fraction of sp³-hybridized carbons (Fsp3) is 0.583. The van der Waals surface area contributed by atoms with E-state index in [1.54, 1.807) is 11.3 Å². The van der Waals surface area contributed by atoms with Crippen LogP contribution in [0.5, 0.6) is 0 Å². The predicted molar refractivity (Wildman–Crippen MR) is 62.7 cm³/mol. The van der Waals surface area contributed by atoms with Gasteiger partial charge in [0, 0.05) is 22.8 Å². The molecular formula is C12H16N2S. The molecule has 0 spiro atoms. The Labute approximate surface area is 94.9 Å². The Morgan fingerprint density at radius 3 is 3.20 bits per heavy atom. The molecule has 2 rings (SSSR count). The maximum Gasteiger partial charge on any atom is 0.100 e. The van der Waals surface area contributed by atoms with Gasteiger partial charge in [-0.25, -0.2) is 0 Å². The molecule has 15 heavy (non-hydrogen) atoms. The second-order valence-electron chi connectivity index (χ2n) is 4.19. The highest BCUT2D eigenvalue weighted by molar-refractivity contribution is 7.10. The van der Waals surface area contributed by atoms with Gasteiger partial charge in [-0.1, -0.05) is 13.3 Å². The van der Waals surface area contributed by atoms with Crippen molar-refractivity contribution < 1.29 is 0 Å². The lowest BCUT2D eigenvalue weighted by molar-refractivity contribution is 0.602. The molecule has 2 unspecified atom stereocenters. The number of nitriles is 1. The van der Waals surface area contributed by atoms with Crippen molar-refractivity contribution in [2.24, 2.45) is 5.92 Å². The smallest absolute Gasteiger partial charge is 0.100 e. The molecule has 1 saturated carbocycles. The van der Waals surface area contributed by atoms with Crippen LogP contribution in [0.1, 0.15) is 36.6 Å². The third kappa shape index (κ3) is 2.80. The number of hydrogen-bond donors (Lipinski definition) is 1. The van der Waals surface area contributed by atoms with Crippen LogP contribution in [0.4, 0.5) is 0 Å². The number of nitrogens with one attached hydrogen (secondary N) is 1. The summed E-state index contributed by atoms with van der Waals surface area (Å²) in [6, 6.07) is 4.88. The summed E-state index contributed by atoms with van der Waals surface area (Å²) in [5, 5.41) is 14.2. The topological polar surface area (TPSA) is 35.8 Å². The van der Waals surface area contributed by atoms with Gasteiger partial charge in [-0.15, -0.1) is 11.3 Å². The van der Waals surface area contributed by atoms with E-state index < -0.39 is 0 Å². The highest BCUT2D eigenvalue weighted by Crippen LogP contribution is 2.34. The lowest BCUT2D eigenvalue weighted by Crippen LogP contribution is -2.16. The van der Waals surface area contributed by atoms with Crippen molar-refractivity contribution in [3.63, 3.8) is 0 Å². The van der Waals surface area contributed by atoms with Crippen molar-refractivity contribution in [2.75, 3.05) is 0 Å². The van der Waals surface area contributed by atoms with Crippen molar-refractivity contribution in [1.82, 2.24) is 5.32 Å². The van der Waals surface area contributed by atoms with E-state index in [4.69, 9.17) is 5.26 Å². The SMILES string of the molecule is CCCC1CC1NCc1cc(C#N)cs1. The maximum atomic E-state index is 8.69. The van der Waals surface area contributed by atoms with Crippen molar-refractivity contribution in [3.8, 4) is 6.07 Å². The van der Waals surface area contributed by atoms with Crippen LogP contribution < -0.4 is 5.32 Å². The van der Waals surface area contributed by atoms with Gasteiger partial charge in [-0.2, -0.15) is 5.26 Å². The first-order chi connectivity index (χ1) is 7.33. The van der Waals surface area contributed by atoms with Crippen molar-refractivity contribution in [3.05, 3.63) is 21.9 Å². The summed E-state index contributed by atoms with van der Waals surface area (Å²) < 4.78 is 0. The van der Waals surface area contributed by atoms with E-state index in [1.165, 1.54) is 24.1 Å². The van der Waals surface area contributed by atoms with Crippen molar-refractivity contribution >= 4 is 11.3 Å². The van der Waals surface area contributed by atoms with Crippen molar-refractivity contribution in [1.29, 1.82) is 5.26 Å². The zero-order chi connectivity index (χ0) is 10.7. The third-order valence-electron chi connectivity index (χ3n) is 2.90. The molecule has 3 heteroatoms. The van der Waals surface area contributed by atoms with Crippen LogP contribution >= 0.6 is 11.3 Å². The Morgan fingerprint density at radius 1 is 1.67 bits per heavy atom. The molecule has 1 heterocycles. The summed E-state index contributed by atoms with van der Waals surface area (Å²) in [5.74, 6) is 0.908. The standard InChI is InChI=1S/C12H16N2S/c1-2-3-10-5-12(10)14-7-11-4-9(6-13)8-15-11/h4,8,10,12,14H,2-3,5,7H2,1H3. The predicted octanol–water partition coefficient (Wildman–Crippen LogP) is 2.90. The van der Waals surface area contributed by atoms with E-state index in [-0.39, 0.29) is 0 Å². The molecule has 1 N–H and O–H groups in total. The van der Waals surface area contributed by atoms with Crippen LogP contribution in [0.3, 0.4) is 0 Å². The molecule has 0 aliphatic heterocycles. The van der Waals surface area contributed by atoms with Crippen LogP contribution in [-0.2, 0) is 6.54 Å². The van der Waals surface area contributed by atoms with Crippen LogP contribution in [0, 0.1) is 17.2 Å². The summed E-state index contributed by atoms with van der Waals surface area (Å²) in [6.07, 6.45) is 3.98. The first kappa shape index (κ1) is 10.7. The minimum Gasteiger partial charge on any atom is -0.309 e. The van der Waals surface area contributed by atoms with E-state index in [9.17, 15) is 0 Å². The van der Waals surface area contributed by atoms with Gasteiger partial charge in [-0.05, 0) is 24.8 Å². The molecule has 2 nitrogen and oxygen atoms in total. The van der Waals surface area contributed by atoms with Gasteiger partial charge in [0.2, 0.25) is 0 Å². The van der Waals surface area contributed by atoms with Crippen molar-refractivity contribution in [2.45, 2.75) is 38.8 Å². The average Bonchev–Trinajstić information content (AvgIpc) is 2.82. The molecule has 0 aromatic carbocycles. The van der Waals surface area contributed by atoms with Gasteiger partial charge in [-0.3, -0.25) is 0 Å². The molecule has 0 bridgehead atoms. The molecule has 1 aliphatic carbocycles. The van der Waals surface area contributed by atoms with E-state index in [0.29, 0.717) is 0 Å². The minimum atomic E-state index is 0.734. The summed E-state index contributed by atoms with van der Waals surface area (Å²) in [4.78, 5) is 1.27. The molecule has 0 amide bonds. The van der Waals surface area contributed by atoms with E-state index in [1.807, 2.05) is 11.4 Å². The number of hydrogen-bond acceptors (Lipinski definition) is 3. The molecule has 1 aromatic rings. The van der Waals surface area contributed by atoms with Crippen LogP contribution in [0.2, 0.25) is 0 Å². The Bertz CT molecular complexity index is 364. The van der Waals surface area contributed by atoms with E-state index in [0.717, 1.165) is 24.1 Å². The highest BCUT2D eigenvalue weighted by Gasteiger charge is 2.35. The Balaban J connectivity index is 1.73. The first-order valence-corrected chi connectivity index (χ1v) is 6.42. The molecule has 1 aromatic heterocycles. The summed E-state index contributed by atoms with van der Waals surface area (Å²) in [5.41, 5.74) is 0.790. The quantitative estimate of drug-likeness (QED) is 0.828. The third-order valence-corrected chi connectivity index (χ3v) is 3.84. The van der Waals surface area contributed by atoms with Gasteiger partial charge in [0.15, 0.2) is 0 Å². The molecule has 1 fully saturated rings. The van der Waals surface area contributed by atoms with Gasteiger partial charge in [0.25, 0.3) is 0 Å². The van der Waals surface area contributed by atoms with Crippen LogP contribution in [0.15, 0.2) is 11.4 Å². The summed E-state index contributed by atoms with van der Waals surface area (Å²) >= 11 is 1.67. The Morgan fingerprint density at radius 2 is 2.53 bits per heavy atom. The van der Waals surface area contributed by atoms with E-state index >= 15 is 0 Å². The Hall–Kier alpha value is -0.850. The number of thiophene rings is 1. The lowest BCUT2D eigenvalue weighted by Gasteiger charge is -2.00. The largest absolute Gasteiger partial charge is 0.309 e. The van der Waals surface area contributed by atoms with Gasteiger partial charge in [0.1, 0.15) is 6.07 Å². The zero-order valence-electron chi connectivity index (χ0n) is 8.99. The van der Waals surface area contributed by atoms with E-state index in [2.05, 4.69) is 18.3 Å². The summed E-state index contributed by atoms with van der Waals surface area (Å²) in [6.45, 7) is 3.17. The number of nitrogens with zero attached hydrogens (tertiary/aromatic N) is 1. The minimum absolute atomic E-state index is 0.734. The fourth-order valence-corrected chi connectivity index (χ4v) is 2.71. The lowest BCUT2D eigenvalue weighted by atomic mass is 10.2. The van der Waals surface area contributed by atoms with Gasteiger partial charge >= 0.3 is 0 Å². The fourth-order valence-electron chi connectivity index (χ4n) is 1.95. The Kier molecular flexibility index (Phi) is 3.40. The van der Waals surface area contributed by atoms with Crippen LogP contribution in [0.25, 0.3) is 0 Å². The molecule has 2 atom stereocenters. The normalized spacial score (nSPS) is 23.7. The van der Waals surface area contributed by atoms with Gasteiger partial charge in [0.05, 0.1) is 5.56 Å². The molecule has 0 radical (unpaired) electrons. The first-order valence-electron chi connectivity index (χ1n) is 5.54. The van der Waals surface area contributed by atoms with Crippen LogP contribution in [-0.4, -0.2) is 6.04 Å².